The molecule has 33 heavy (non-hydrogen) atoms. The van der Waals surface area contributed by atoms with E-state index in [1.54, 1.807) is 49.4 Å². The van der Waals surface area contributed by atoms with Crippen LogP contribution >= 0.6 is 11.6 Å². The number of anilines is 1. The fraction of sp³-hybridized carbons (Fsp3) is 0.185. The summed E-state index contributed by atoms with van der Waals surface area (Å²) in [6.45, 7) is 5.89. The summed E-state index contributed by atoms with van der Waals surface area (Å²) in [6.07, 6.45) is -0.790. The fourth-order valence-electron chi connectivity index (χ4n) is 3.48. The zero-order valence-corrected chi connectivity index (χ0v) is 19.3. The highest BCUT2D eigenvalue weighted by molar-refractivity contribution is 6.30. The number of fused-ring (bicyclic) bond motifs is 1. The average Bonchev–Trinajstić information content (AvgIpc) is 3.17. The van der Waals surface area contributed by atoms with Gasteiger partial charge in [0.25, 0.3) is 5.91 Å². The van der Waals surface area contributed by atoms with Crippen LogP contribution in [0.3, 0.4) is 0 Å². The van der Waals surface area contributed by atoms with Gasteiger partial charge < -0.3 is 14.5 Å². The Labute approximate surface area is 197 Å². The molecule has 5 nitrogen and oxygen atoms in total. The molecule has 1 N–H and O–H groups in total. The lowest BCUT2D eigenvalue weighted by molar-refractivity contribution is -0.122. The van der Waals surface area contributed by atoms with Crippen molar-refractivity contribution in [2.75, 3.05) is 5.32 Å². The Morgan fingerprint density at radius 3 is 2.24 bits per heavy atom. The molecular formula is C27H24ClNO4. The van der Waals surface area contributed by atoms with Crippen LogP contribution < -0.4 is 10.1 Å². The highest BCUT2D eigenvalue weighted by Crippen LogP contribution is 2.33. The minimum absolute atomic E-state index is 0.0559. The molecule has 0 aliphatic heterocycles. The number of carbonyl (C=O) groups is 2. The Morgan fingerprint density at radius 1 is 0.909 bits per heavy atom. The number of hydrogen-bond donors (Lipinski definition) is 1. The fourth-order valence-corrected chi connectivity index (χ4v) is 3.60. The Morgan fingerprint density at radius 2 is 1.58 bits per heavy atom. The van der Waals surface area contributed by atoms with E-state index in [0.29, 0.717) is 38.9 Å². The van der Waals surface area contributed by atoms with Crippen LogP contribution in [0.1, 0.15) is 48.4 Å². The molecule has 0 fully saturated rings. The van der Waals surface area contributed by atoms with Crippen LogP contribution in [0.5, 0.6) is 5.75 Å². The first-order valence-electron chi connectivity index (χ1n) is 10.7. The van der Waals surface area contributed by atoms with E-state index in [4.69, 9.17) is 20.8 Å². The van der Waals surface area contributed by atoms with Gasteiger partial charge in [-0.25, -0.2) is 0 Å². The molecule has 1 atom stereocenters. The maximum atomic E-state index is 13.2. The van der Waals surface area contributed by atoms with E-state index in [9.17, 15) is 9.59 Å². The van der Waals surface area contributed by atoms with Crippen molar-refractivity contribution in [3.63, 3.8) is 0 Å². The Balaban J connectivity index is 1.59. The van der Waals surface area contributed by atoms with Crippen molar-refractivity contribution in [3.05, 3.63) is 94.7 Å². The van der Waals surface area contributed by atoms with Crippen LogP contribution in [0.15, 0.2) is 77.2 Å². The molecular weight excluding hydrogens is 438 g/mol. The molecule has 4 aromatic rings. The number of carbonyl (C=O) groups excluding carboxylic acids is 2. The van der Waals surface area contributed by atoms with Crippen LogP contribution in [0.2, 0.25) is 5.02 Å². The van der Waals surface area contributed by atoms with E-state index >= 15 is 0 Å². The van der Waals surface area contributed by atoms with Gasteiger partial charge in [-0.1, -0.05) is 49.7 Å². The average molecular weight is 462 g/mol. The van der Waals surface area contributed by atoms with Crippen molar-refractivity contribution in [2.45, 2.75) is 32.8 Å². The number of amides is 1. The Hall–Kier alpha value is -3.57. The van der Waals surface area contributed by atoms with Crippen molar-refractivity contribution in [1.29, 1.82) is 0 Å². The highest BCUT2D eigenvalue weighted by Gasteiger charge is 2.25. The second-order valence-electron chi connectivity index (χ2n) is 8.11. The summed E-state index contributed by atoms with van der Waals surface area (Å²) in [7, 11) is 0. The van der Waals surface area contributed by atoms with E-state index in [1.807, 2.05) is 30.3 Å². The molecule has 1 amide bonds. The number of furan rings is 1. The molecule has 0 aliphatic carbocycles. The standard InChI is InChI=1S/C27H24ClNO4/c1-16(2)18-10-14-21(15-11-18)32-17(3)27(31)29-24-22-6-4-5-7-23(22)33-26(24)25(30)19-8-12-20(28)13-9-19/h4-17H,1-3H3,(H,29,31)/t17-/m0/s1. The van der Waals surface area contributed by atoms with Crippen LogP contribution in [0, 0.1) is 0 Å². The second-order valence-corrected chi connectivity index (χ2v) is 8.55. The van der Waals surface area contributed by atoms with Crippen LogP contribution in [0.25, 0.3) is 11.0 Å². The molecule has 6 heteroatoms. The summed E-state index contributed by atoms with van der Waals surface area (Å²) in [5, 5.41) is 4.00. The number of ether oxygens (including phenoxy) is 1. The Kier molecular flexibility index (Phi) is 6.52. The molecule has 168 valence electrons. The largest absolute Gasteiger partial charge is 0.481 e. The third-order valence-corrected chi connectivity index (χ3v) is 5.64. The number of benzene rings is 3. The number of rotatable bonds is 7. The predicted octanol–water partition coefficient (Wildman–Crippen LogP) is 6.85. The van der Waals surface area contributed by atoms with Gasteiger partial charge in [0.1, 0.15) is 11.3 Å². The number of hydrogen-bond acceptors (Lipinski definition) is 4. The molecule has 0 unspecified atom stereocenters. The summed E-state index contributed by atoms with van der Waals surface area (Å²) in [5.74, 6) is 0.318. The molecule has 0 radical (unpaired) electrons. The molecule has 0 bridgehead atoms. The smallest absolute Gasteiger partial charge is 0.265 e. The van der Waals surface area contributed by atoms with E-state index < -0.39 is 6.10 Å². The van der Waals surface area contributed by atoms with Crippen molar-refractivity contribution in [1.82, 2.24) is 0 Å². The number of halogens is 1. The molecule has 1 heterocycles. The third kappa shape index (κ3) is 4.94. The molecule has 0 saturated carbocycles. The van der Waals surface area contributed by atoms with Crippen molar-refractivity contribution >= 4 is 39.9 Å². The lowest BCUT2D eigenvalue weighted by atomic mass is 10.0. The van der Waals surface area contributed by atoms with E-state index in [0.717, 1.165) is 0 Å². The van der Waals surface area contributed by atoms with Crippen molar-refractivity contribution in [2.24, 2.45) is 0 Å². The number of para-hydroxylation sites is 1. The van der Waals surface area contributed by atoms with Gasteiger partial charge in [0.05, 0.1) is 5.69 Å². The van der Waals surface area contributed by atoms with E-state index in [2.05, 4.69) is 19.2 Å². The predicted molar refractivity (Wildman–Crippen MR) is 130 cm³/mol. The second kappa shape index (κ2) is 9.51. The monoisotopic (exact) mass is 461 g/mol. The van der Waals surface area contributed by atoms with Crippen molar-refractivity contribution in [3.8, 4) is 5.75 Å². The zero-order valence-electron chi connectivity index (χ0n) is 18.6. The van der Waals surface area contributed by atoms with Crippen LogP contribution in [-0.2, 0) is 4.79 Å². The van der Waals surface area contributed by atoms with Gasteiger partial charge in [-0.15, -0.1) is 0 Å². The molecule has 1 aromatic heterocycles. The van der Waals surface area contributed by atoms with Gasteiger partial charge in [0, 0.05) is 16.0 Å². The minimum Gasteiger partial charge on any atom is -0.481 e. The zero-order chi connectivity index (χ0) is 23.5. The lowest BCUT2D eigenvalue weighted by Crippen LogP contribution is -2.30. The molecule has 0 spiro atoms. The summed E-state index contributed by atoms with van der Waals surface area (Å²) < 4.78 is 11.7. The molecule has 0 aliphatic rings. The summed E-state index contributed by atoms with van der Waals surface area (Å²) >= 11 is 5.95. The summed E-state index contributed by atoms with van der Waals surface area (Å²) in [5.41, 5.74) is 2.42. The number of nitrogens with one attached hydrogen (secondary N) is 1. The molecule has 3 aromatic carbocycles. The topological polar surface area (TPSA) is 68.5 Å². The van der Waals surface area contributed by atoms with E-state index in [-0.39, 0.29) is 17.5 Å². The first kappa shape index (κ1) is 22.6. The van der Waals surface area contributed by atoms with Gasteiger partial charge in [0.15, 0.2) is 11.9 Å². The molecule has 4 rings (SSSR count). The van der Waals surface area contributed by atoms with Gasteiger partial charge in [-0.05, 0) is 66.9 Å². The highest BCUT2D eigenvalue weighted by atomic mass is 35.5. The van der Waals surface area contributed by atoms with E-state index in [1.165, 1.54) is 5.56 Å². The summed E-state index contributed by atoms with van der Waals surface area (Å²) in [4.78, 5) is 26.1. The SMILES string of the molecule is CC(C)c1ccc(O[C@@H](C)C(=O)Nc2c(C(=O)c3ccc(Cl)cc3)oc3ccccc23)cc1. The normalized spacial score (nSPS) is 12.0. The van der Waals surface area contributed by atoms with Crippen molar-refractivity contribution < 1.29 is 18.7 Å². The maximum absolute atomic E-state index is 13.2. The van der Waals surface area contributed by atoms with Gasteiger partial charge in [-0.2, -0.15) is 0 Å². The van der Waals surface area contributed by atoms with Gasteiger partial charge in [0.2, 0.25) is 5.78 Å². The lowest BCUT2D eigenvalue weighted by Gasteiger charge is -2.15. The van der Waals surface area contributed by atoms with Crippen LogP contribution in [-0.4, -0.2) is 17.8 Å². The quantitative estimate of drug-likeness (QED) is 0.306. The third-order valence-electron chi connectivity index (χ3n) is 5.39. The van der Waals surface area contributed by atoms with Gasteiger partial charge in [-0.3, -0.25) is 9.59 Å². The summed E-state index contributed by atoms with van der Waals surface area (Å²) in [6, 6.07) is 21.3. The minimum atomic E-state index is -0.790. The van der Waals surface area contributed by atoms with Crippen LogP contribution in [0.4, 0.5) is 5.69 Å². The Bertz CT molecular complexity index is 1290. The first-order valence-corrected chi connectivity index (χ1v) is 11.1. The first-order chi connectivity index (χ1) is 15.8. The number of ketones is 1. The molecule has 0 saturated heterocycles. The van der Waals surface area contributed by atoms with Gasteiger partial charge >= 0.3 is 0 Å². The maximum Gasteiger partial charge on any atom is 0.265 e.